The molecular formula is C18H21N3O4. The molecule has 3 rings (SSSR count). The van der Waals surface area contributed by atoms with Gasteiger partial charge in [-0.3, -0.25) is 4.79 Å². The second kappa shape index (κ2) is 7.94. The smallest absolute Gasteiger partial charge is 0.326 e. The van der Waals surface area contributed by atoms with Gasteiger partial charge in [0, 0.05) is 18.3 Å². The van der Waals surface area contributed by atoms with Crippen LogP contribution in [0.3, 0.4) is 0 Å². The van der Waals surface area contributed by atoms with Crippen molar-refractivity contribution in [2.75, 3.05) is 0 Å². The normalized spacial score (nSPS) is 21.0. The summed E-state index contributed by atoms with van der Waals surface area (Å²) in [5, 5.41) is 11.9. The van der Waals surface area contributed by atoms with Crippen molar-refractivity contribution in [2.45, 2.75) is 43.9 Å². The quantitative estimate of drug-likeness (QED) is 0.703. The molecule has 0 spiro atoms. The molecule has 2 aromatic rings. The highest BCUT2D eigenvalue weighted by atomic mass is 16.5. The van der Waals surface area contributed by atoms with Gasteiger partial charge in [0.15, 0.2) is 0 Å². The summed E-state index contributed by atoms with van der Waals surface area (Å²) in [4.78, 5) is 30.5. The van der Waals surface area contributed by atoms with E-state index in [4.69, 9.17) is 4.74 Å². The number of aliphatic carboxylic acids is 1. The fourth-order valence-corrected chi connectivity index (χ4v) is 3.01. The van der Waals surface area contributed by atoms with Crippen molar-refractivity contribution in [3.05, 3.63) is 54.1 Å². The lowest BCUT2D eigenvalue weighted by Crippen LogP contribution is -2.46. The van der Waals surface area contributed by atoms with Crippen LogP contribution in [0.2, 0.25) is 0 Å². The van der Waals surface area contributed by atoms with Crippen LogP contribution in [0.15, 0.2) is 42.9 Å². The third-order valence-corrected chi connectivity index (χ3v) is 4.30. The number of carboxylic acids is 1. The van der Waals surface area contributed by atoms with Crippen LogP contribution >= 0.6 is 0 Å². The Bertz CT molecular complexity index is 702. The molecule has 0 unspecified atom stereocenters. The topological polar surface area (TPSA) is 104 Å². The highest BCUT2D eigenvalue weighted by molar-refractivity contribution is 5.86. The van der Waals surface area contributed by atoms with Crippen LogP contribution in [-0.2, 0) is 27.2 Å². The summed E-state index contributed by atoms with van der Waals surface area (Å²) < 4.78 is 5.82. The highest BCUT2D eigenvalue weighted by Gasteiger charge is 2.33. The molecule has 0 saturated carbocycles. The number of ether oxygens (including phenoxy) is 1. The molecule has 0 bridgehead atoms. The number of nitrogens with zero attached hydrogens (tertiary/aromatic N) is 1. The standard InChI is InChI=1S/C18H21N3O4/c22-17(21-15(18(23)24)9-13-10-19-11-20-13)16-7-6-14(25-16)8-12-4-2-1-3-5-12/h1-5,10-11,14-16H,6-9H2,(H,19,20)(H,21,22)(H,23,24)/t14-,15-,16+/m1/s1. The lowest BCUT2D eigenvalue weighted by molar-refractivity contribution is -0.144. The van der Waals surface area contributed by atoms with Crippen LogP contribution in [0.25, 0.3) is 0 Å². The van der Waals surface area contributed by atoms with Gasteiger partial charge in [-0.05, 0) is 24.8 Å². The summed E-state index contributed by atoms with van der Waals surface area (Å²) in [5.74, 6) is -1.45. The molecule has 7 heteroatoms. The van der Waals surface area contributed by atoms with Crippen LogP contribution in [0.1, 0.15) is 24.1 Å². The zero-order chi connectivity index (χ0) is 17.6. The van der Waals surface area contributed by atoms with E-state index in [1.807, 2.05) is 30.3 Å². The minimum absolute atomic E-state index is 0.0194. The first-order valence-corrected chi connectivity index (χ1v) is 8.31. The van der Waals surface area contributed by atoms with Crippen LogP contribution in [0.5, 0.6) is 0 Å². The number of hydrogen-bond donors (Lipinski definition) is 3. The number of imidazole rings is 1. The molecule has 132 valence electrons. The molecule has 25 heavy (non-hydrogen) atoms. The molecule has 1 fully saturated rings. The lowest BCUT2D eigenvalue weighted by atomic mass is 10.1. The predicted octanol–water partition coefficient (Wildman–Crippen LogP) is 1.31. The predicted molar refractivity (Wildman–Crippen MR) is 89.9 cm³/mol. The van der Waals surface area contributed by atoms with Crippen molar-refractivity contribution in [1.82, 2.24) is 15.3 Å². The van der Waals surface area contributed by atoms with E-state index in [2.05, 4.69) is 15.3 Å². The van der Waals surface area contributed by atoms with Gasteiger partial charge in [0.2, 0.25) is 5.91 Å². The van der Waals surface area contributed by atoms with Crippen molar-refractivity contribution < 1.29 is 19.4 Å². The lowest BCUT2D eigenvalue weighted by Gasteiger charge is -2.18. The summed E-state index contributed by atoms with van der Waals surface area (Å²) in [6, 6.07) is 8.96. The number of benzene rings is 1. The van der Waals surface area contributed by atoms with Crippen molar-refractivity contribution >= 4 is 11.9 Å². The van der Waals surface area contributed by atoms with E-state index in [1.54, 1.807) is 6.20 Å². The molecule has 0 radical (unpaired) electrons. The number of carbonyl (C=O) groups excluding carboxylic acids is 1. The second-order valence-electron chi connectivity index (χ2n) is 6.19. The monoisotopic (exact) mass is 343 g/mol. The van der Waals surface area contributed by atoms with Crippen molar-refractivity contribution in [3.8, 4) is 0 Å². The molecule has 1 amide bonds. The average Bonchev–Trinajstić information content (AvgIpc) is 3.27. The first kappa shape index (κ1) is 17.2. The number of nitrogens with one attached hydrogen (secondary N) is 2. The molecule has 3 N–H and O–H groups in total. The van der Waals surface area contributed by atoms with Gasteiger partial charge in [-0.15, -0.1) is 0 Å². The Kier molecular flexibility index (Phi) is 5.45. The van der Waals surface area contributed by atoms with E-state index in [9.17, 15) is 14.7 Å². The summed E-state index contributed by atoms with van der Waals surface area (Å²) in [7, 11) is 0. The summed E-state index contributed by atoms with van der Waals surface area (Å²) in [6.07, 6.45) is 4.69. The summed E-state index contributed by atoms with van der Waals surface area (Å²) in [5.41, 5.74) is 1.82. The maximum atomic E-state index is 12.4. The third-order valence-electron chi connectivity index (χ3n) is 4.30. The number of amides is 1. The van der Waals surface area contributed by atoms with Crippen molar-refractivity contribution in [3.63, 3.8) is 0 Å². The van der Waals surface area contributed by atoms with Gasteiger partial charge in [-0.1, -0.05) is 30.3 Å². The van der Waals surface area contributed by atoms with Crippen molar-refractivity contribution in [2.24, 2.45) is 0 Å². The van der Waals surface area contributed by atoms with E-state index in [0.29, 0.717) is 12.1 Å². The van der Waals surface area contributed by atoms with Gasteiger partial charge in [0.05, 0.1) is 12.4 Å². The first-order valence-electron chi connectivity index (χ1n) is 8.31. The molecule has 1 aromatic heterocycles. The molecule has 1 saturated heterocycles. The SMILES string of the molecule is O=C(N[C@H](Cc1cnc[nH]1)C(=O)O)[C@@H]1CC[C@H](Cc2ccccc2)O1. The molecule has 2 heterocycles. The Balaban J connectivity index is 1.53. The number of aromatic amines is 1. The molecular weight excluding hydrogens is 322 g/mol. The zero-order valence-electron chi connectivity index (χ0n) is 13.7. The maximum absolute atomic E-state index is 12.4. The van der Waals surface area contributed by atoms with Crippen LogP contribution in [0.4, 0.5) is 0 Å². The Morgan fingerprint density at radius 1 is 1.32 bits per heavy atom. The van der Waals surface area contributed by atoms with E-state index < -0.39 is 18.1 Å². The number of carbonyl (C=O) groups is 2. The van der Waals surface area contributed by atoms with Gasteiger partial charge >= 0.3 is 5.97 Å². The minimum Gasteiger partial charge on any atom is -0.480 e. The Morgan fingerprint density at radius 2 is 2.12 bits per heavy atom. The average molecular weight is 343 g/mol. The Hall–Kier alpha value is -2.67. The number of carboxylic acid groups (broad SMARTS) is 1. The number of H-pyrrole nitrogens is 1. The molecule has 7 nitrogen and oxygen atoms in total. The van der Waals surface area contributed by atoms with Gasteiger partial charge in [-0.25, -0.2) is 9.78 Å². The minimum atomic E-state index is -1.08. The van der Waals surface area contributed by atoms with E-state index >= 15 is 0 Å². The Labute approximate surface area is 145 Å². The van der Waals surface area contributed by atoms with Gasteiger partial charge in [0.25, 0.3) is 0 Å². The number of aromatic nitrogens is 2. The van der Waals surface area contributed by atoms with E-state index in [0.717, 1.165) is 18.4 Å². The Morgan fingerprint density at radius 3 is 2.80 bits per heavy atom. The molecule has 3 atom stereocenters. The summed E-state index contributed by atoms with van der Waals surface area (Å²) >= 11 is 0. The largest absolute Gasteiger partial charge is 0.480 e. The van der Waals surface area contributed by atoms with Crippen LogP contribution in [0, 0.1) is 0 Å². The van der Waals surface area contributed by atoms with Crippen LogP contribution in [-0.4, -0.2) is 45.2 Å². The number of hydrogen-bond acceptors (Lipinski definition) is 4. The van der Waals surface area contributed by atoms with Crippen LogP contribution < -0.4 is 5.32 Å². The fraction of sp³-hybridized carbons (Fsp3) is 0.389. The van der Waals surface area contributed by atoms with Crippen molar-refractivity contribution in [1.29, 1.82) is 0 Å². The third kappa shape index (κ3) is 4.67. The fourth-order valence-electron chi connectivity index (χ4n) is 3.01. The van der Waals surface area contributed by atoms with Gasteiger partial charge in [0.1, 0.15) is 12.1 Å². The van der Waals surface area contributed by atoms with Gasteiger partial charge in [-0.2, -0.15) is 0 Å². The molecule has 0 aliphatic carbocycles. The maximum Gasteiger partial charge on any atom is 0.326 e. The first-order chi connectivity index (χ1) is 12.1. The highest BCUT2D eigenvalue weighted by Crippen LogP contribution is 2.23. The zero-order valence-corrected chi connectivity index (χ0v) is 13.7. The second-order valence-corrected chi connectivity index (χ2v) is 6.19. The molecule has 1 aromatic carbocycles. The van der Waals surface area contributed by atoms with E-state index in [1.165, 1.54) is 6.33 Å². The van der Waals surface area contributed by atoms with E-state index in [-0.39, 0.29) is 18.4 Å². The molecule has 1 aliphatic rings. The summed E-state index contributed by atoms with van der Waals surface area (Å²) in [6.45, 7) is 0. The molecule has 1 aliphatic heterocycles. The number of rotatable bonds is 7. The van der Waals surface area contributed by atoms with Gasteiger partial charge < -0.3 is 20.1 Å².